The van der Waals surface area contributed by atoms with Gasteiger partial charge in [0.2, 0.25) is 0 Å². The van der Waals surface area contributed by atoms with Crippen LogP contribution in [0.1, 0.15) is 59.3 Å². The largest absolute Gasteiger partial charge is 0.334 e. The Hall–Kier alpha value is -1.08. The lowest BCUT2D eigenvalue weighted by molar-refractivity contribution is -0.730. The van der Waals surface area contributed by atoms with Crippen molar-refractivity contribution >= 4 is 5.91 Å². The molecule has 0 aliphatic heterocycles. The van der Waals surface area contributed by atoms with Gasteiger partial charge < -0.3 is 10.6 Å². The number of carbonyl (C=O) groups is 1. The van der Waals surface area contributed by atoms with E-state index in [1.807, 2.05) is 20.8 Å². The van der Waals surface area contributed by atoms with Crippen molar-refractivity contribution in [2.24, 2.45) is 23.7 Å². The molecule has 0 aromatic rings. The Kier molecular flexibility index (Phi) is 3.97. The number of nitrogens with one attached hydrogen (secondary N) is 1. The monoisotopic (exact) mass is 304 g/mol. The van der Waals surface area contributed by atoms with Crippen LogP contribution in [-0.2, 0) is 4.79 Å². The Morgan fingerprint density at radius 3 is 2.18 bits per heavy atom. The quantitative estimate of drug-likeness (QED) is 0.809. The molecular formula is C18H30N3O+. The minimum Gasteiger partial charge on any atom is -0.334 e. The van der Waals surface area contributed by atoms with Crippen LogP contribution in [0.4, 0.5) is 0 Å². The first kappa shape index (κ1) is 15.8. The van der Waals surface area contributed by atoms with Gasteiger partial charge in [-0.3, -0.25) is 4.79 Å². The third-order valence-electron chi connectivity index (χ3n) is 6.59. The number of rotatable bonds is 5. The summed E-state index contributed by atoms with van der Waals surface area (Å²) < 4.78 is 0. The van der Waals surface area contributed by atoms with Crippen LogP contribution >= 0.6 is 0 Å². The molecule has 4 nitrogen and oxygen atoms in total. The topological polar surface area (TPSA) is 69.5 Å². The molecule has 4 fully saturated rings. The minimum absolute atomic E-state index is 0.00787. The molecule has 0 spiro atoms. The molecule has 4 bridgehead atoms. The van der Waals surface area contributed by atoms with E-state index in [2.05, 4.69) is 16.7 Å². The first-order chi connectivity index (χ1) is 10.3. The lowest BCUT2D eigenvalue weighted by atomic mass is 9.53. The molecule has 122 valence electrons. The summed E-state index contributed by atoms with van der Waals surface area (Å²) in [4.78, 5) is 12.3. The zero-order valence-electron chi connectivity index (χ0n) is 14.2. The van der Waals surface area contributed by atoms with Crippen LogP contribution in [0.2, 0.25) is 0 Å². The number of nitriles is 1. The van der Waals surface area contributed by atoms with E-state index in [-0.39, 0.29) is 11.8 Å². The van der Waals surface area contributed by atoms with E-state index in [0.29, 0.717) is 12.1 Å². The second-order valence-corrected chi connectivity index (χ2v) is 8.71. The van der Waals surface area contributed by atoms with Crippen molar-refractivity contribution in [1.29, 1.82) is 5.26 Å². The highest BCUT2D eigenvalue weighted by Gasteiger charge is 2.53. The van der Waals surface area contributed by atoms with Crippen LogP contribution in [0, 0.1) is 35.0 Å². The second kappa shape index (κ2) is 5.53. The summed E-state index contributed by atoms with van der Waals surface area (Å²) in [5.74, 6) is 2.84. The number of nitrogens with two attached hydrogens (primary N) is 1. The van der Waals surface area contributed by atoms with Gasteiger partial charge in [-0.2, -0.15) is 5.26 Å². The van der Waals surface area contributed by atoms with E-state index in [0.717, 1.165) is 17.8 Å². The highest BCUT2D eigenvalue weighted by Crippen LogP contribution is 2.54. The van der Waals surface area contributed by atoms with E-state index < -0.39 is 5.54 Å². The van der Waals surface area contributed by atoms with Gasteiger partial charge in [0.15, 0.2) is 6.54 Å². The average molecular weight is 304 g/mol. The predicted molar refractivity (Wildman–Crippen MR) is 84.7 cm³/mol. The van der Waals surface area contributed by atoms with E-state index in [9.17, 15) is 10.1 Å². The first-order valence-corrected chi connectivity index (χ1v) is 8.91. The maximum absolute atomic E-state index is 12.3. The van der Waals surface area contributed by atoms with Crippen molar-refractivity contribution in [1.82, 2.24) is 5.32 Å². The molecule has 1 amide bonds. The molecule has 0 saturated heterocycles. The van der Waals surface area contributed by atoms with Gasteiger partial charge in [0, 0.05) is 19.3 Å². The van der Waals surface area contributed by atoms with Gasteiger partial charge in [0.25, 0.3) is 5.91 Å². The number of hydrogen-bond acceptors (Lipinski definition) is 2. The van der Waals surface area contributed by atoms with Gasteiger partial charge >= 0.3 is 0 Å². The van der Waals surface area contributed by atoms with E-state index >= 15 is 0 Å². The fourth-order valence-electron chi connectivity index (χ4n) is 5.38. The molecular weight excluding hydrogens is 274 g/mol. The Morgan fingerprint density at radius 2 is 1.77 bits per heavy atom. The van der Waals surface area contributed by atoms with Gasteiger partial charge in [0.1, 0.15) is 5.54 Å². The van der Waals surface area contributed by atoms with Gasteiger partial charge in [-0.1, -0.05) is 13.8 Å². The van der Waals surface area contributed by atoms with Gasteiger partial charge in [-0.05, 0) is 49.9 Å². The predicted octanol–water partition coefficient (Wildman–Crippen LogP) is 1.57. The van der Waals surface area contributed by atoms with Crippen LogP contribution in [0.25, 0.3) is 0 Å². The summed E-state index contributed by atoms with van der Waals surface area (Å²) in [5.41, 5.74) is -0.431. The molecule has 4 heteroatoms. The maximum Gasteiger partial charge on any atom is 0.276 e. The number of amides is 1. The summed E-state index contributed by atoms with van der Waals surface area (Å²) in [5, 5.41) is 14.6. The normalized spacial score (nSPS) is 38.6. The Balaban J connectivity index is 1.57. The van der Waals surface area contributed by atoms with Gasteiger partial charge in [-0.25, -0.2) is 0 Å². The van der Waals surface area contributed by atoms with Crippen molar-refractivity contribution in [2.45, 2.75) is 70.4 Å². The molecule has 0 heterocycles. The van der Waals surface area contributed by atoms with E-state index in [1.54, 1.807) is 0 Å². The summed E-state index contributed by atoms with van der Waals surface area (Å²) in [6.45, 7) is 6.25. The van der Waals surface area contributed by atoms with Crippen LogP contribution in [-0.4, -0.2) is 23.5 Å². The standard InChI is InChI=1S/C18H29N3O/c1-12(2)17(3,11-19)21-16(22)10-20-18-7-13-4-14(8-18)6-15(5-13)9-18/h12-15,20H,4-10H2,1-3H3,(H,21,22)/p+1/t13?,14?,15?,17-,18?/m1/s1. The fraction of sp³-hybridized carbons (Fsp3) is 0.889. The SMILES string of the molecule is CC(C)[C@@](C)(C#N)NC(=O)C[NH2+]C12CC3CC(CC(C3)C1)C2. The Morgan fingerprint density at radius 1 is 1.27 bits per heavy atom. The summed E-state index contributed by atoms with van der Waals surface area (Å²) >= 11 is 0. The van der Waals surface area contributed by atoms with Gasteiger partial charge in [0.05, 0.1) is 11.6 Å². The van der Waals surface area contributed by atoms with E-state index in [4.69, 9.17) is 0 Å². The maximum atomic E-state index is 12.3. The number of carbonyl (C=O) groups excluding carboxylic acids is 1. The summed E-state index contributed by atoms with van der Waals surface area (Å²) in [6, 6.07) is 2.26. The van der Waals surface area contributed by atoms with Crippen molar-refractivity contribution in [3.63, 3.8) is 0 Å². The van der Waals surface area contributed by atoms with Crippen LogP contribution < -0.4 is 10.6 Å². The molecule has 0 aromatic carbocycles. The van der Waals surface area contributed by atoms with Crippen molar-refractivity contribution in [3.8, 4) is 6.07 Å². The lowest BCUT2D eigenvalue weighted by Gasteiger charge is -2.54. The lowest BCUT2D eigenvalue weighted by Crippen LogP contribution is -3.00. The minimum atomic E-state index is -0.758. The second-order valence-electron chi connectivity index (χ2n) is 8.71. The molecule has 0 aromatic heterocycles. The third kappa shape index (κ3) is 2.88. The highest BCUT2D eigenvalue weighted by atomic mass is 16.2. The zero-order chi connectivity index (χ0) is 16.0. The molecule has 0 radical (unpaired) electrons. The Bertz CT molecular complexity index is 458. The van der Waals surface area contributed by atoms with Crippen molar-refractivity contribution in [3.05, 3.63) is 0 Å². The molecule has 22 heavy (non-hydrogen) atoms. The fourth-order valence-corrected chi connectivity index (χ4v) is 5.38. The van der Waals surface area contributed by atoms with E-state index in [1.165, 1.54) is 38.5 Å². The Labute approximate surface area is 134 Å². The molecule has 1 atom stereocenters. The van der Waals surface area contributed by atoms with Crippen molar-refractivity contribution in [2.75, 3.05) is 6.54 Å². The first-order valence-electron chi connectivity index (χ1n) is 8.91. The smallest absolute Gasteiger partial charge is 0.276 e. The van der Waals surface area contributed by atoms with Crippen LogP contribution in [0.5, 0.6) is 0 Å². The average Bonchev–Trinajstić information content (AvgIpc) is 2.43. The van der Waals surface area contributed by atoms with Crippen LogP contribution in [0.3, 0.4) is 0 Å². The third-order valence-corrected chi connectivity index (χ3v) is 6.59. The number of hydrogen-bond donors (Lipinski definition) is 2. The highest BCUT2D eigenvalue weighted by molar-refractivity contribution is 5.78. The summed E-state index contributed by atoms with van der Waals surface area (Å²) in [6.07, 6.45) is 8.18. The van der Waals surface area contributed by atoms with Gasteiger partial charge in [-0.15, -0.1) is 0 Å². The number of nitrogens with zero attached hydrogens (tertiary/aromatic N) is 1. The molecule has 4 rings (SSSR count). The van der Waals surface area contributed by atoms with Crippen LogP contribution in [0.15, 0.2) is 0 Å². The molecule has 4 aliphatic rings. The molecule has 0 unspecified atom stereocenters. The summed E-state index contributed by atoms with van der Waals surface area (Å²) in [7, 11) is 0. The molecule has 4 aliphatic carbocycles. The number of quaternary nitrogens is 1. The molecule has 4 saturated carbocycles. The zero-order valence-corrected chi connectivity index (χ0v) is 14.2. The molecule has 3 N–H and O–H groups in total. The van der Waals surface area contributed by atoms with Crippen molar-refractivity contribution < 1.29 is 10.1 Å².